The highest BCUT2D eigenvalue weighted by molar-refractivity contribution is 5.49. The molecular weight excluding hydrogens is 296 g/mol. The Morgan fingerprint density at radius 1 is 0.875 bits per heavy atom. The van der Waals surface area contributed by atoms with E-state index in [0.717, 1.165) is 38.3 Å². The molecule has 2 unspecified atom stereocenters. The zero-order valence-corrected chi connectivity index (χ0v) is 15.7. The van der Waals surface area contributed by atoms with Crippen molar-refractivity contribution in [3.05, 3.63) is 29.8 Å². The van der Waals surface area contributed by atoms with Crippen LogP contribution in [0.5, 0.6) is 0 Å². The summed E-state index contributed by atoms with van der Waals surface area (Å²) in [5.41, 5.74) is 3.03. The van der Waals surface area contributed by atoms with Crippen LogP contribution in [0.3, 0.4) is 0 Å². The minimum absolute atomic E-state index is 0.236. The molecule has 4 rings (SSSR count). The highest BCUT2D eigenvalue weighted by Gasteiger charge is 2.44. The maximum atomic E-state index is 2.67. The summed E-state index contributed by atoms with van der Waals surface area (Å²) in [6, 6.07) is 10.8. The van der Waals surface area contributed by atoms with Gasteiger partial charge in [-0.1, -0.05) is 32.9 Å². The third-order valence-corrected chi connectivity index (χ3v) is 6.20. The zero-order valence-electron chi connectivity index (χ0n) is 15.7. The first kappa shape index (κ1) is 16.4. The van der Waals surface area contributed by atoms with Crippen LogP contribution in [0.2, 0.25) is 0 Å². The molecule has 0 saturated carbocycles. The number of likely N-dealkylation sites (N-methyl/N-ethyl adjacent to an activating group) is 1. The molecule has 2 atom stereocenters. The molecule has 4 nitrogen and oxygen atoms in total. The molecule has 0 spiro atoms. The minimum Gasteiger partial charge on any atom is -0.369 e. The van der Waals surface area contributed by atoms with Gasteiger partial charge >= 0.3 is 0 Å². The highest BCUT2D eigenvalue weighted by Crippen LogP contribution is 2.31. The van der Waals surface area contributed by atoms with E-state index in [0.29, 0.717) is 0 Å². The van der Waals surface area contributed by atoms with Gasteiger partial charge in [-0.25, -0.2) is 10.0 Å². The van der Waals surface area contributed by atoms with E-state index in [9.17, 15) is 0 Å². The minimum atomic E-state index is 0.236. The van der Waals surface area contributed by atoms with Crippen molar-refractivity contribution in [3.8, 4) is 0 Å². The van der Waals surface area contributed by atoms with E-state index in [1.165, 1.54) is 30.8 Å². The van der Waals surface area contributed by atoms with Crippen LogP contribution in [0.25, 0.3) is 0 Å². The van der Waals surface area contributed by atoms with Gasteiger partial charge in [0.2, 0.25) is 0 Å². The van der Waals surface area contributed by atoms with Gasteiger partial charge in [0.1, 0.15) is 0 Å². The number of nitrogens with zero attached hydrogens (tertiary/aromatic N) is 4. The van der Waals surface area contributed by atoms with Gasteiger partial charge in [-0.15, -0.1) is 0 Å². The molecule has 0 aromatic heterocycles. The van der Waals surface area contributed by atoms with Gasteiger partial charge in [0.25, 0.3) is 0 Å². The van der Waals surface area contributed by atoms with Crippen LogP contribution < -0.4 is 4.90 Å². The van der Waals surface area contributed by atoms with E-state index in [4.69, 9.17) is 0 Å². The molecule has 3 aliphatic rings. The third-order valence-electron chi connectivity index (χ3n) is 6.20. The fourth-order valence-electron chi connectivity index (χ4n) is 4.57. The Bertz CT molecular complexity index is 566. The normalized spacial score (nSPS) is 29.6. The van der Waals surface area contributed by atoms with Crippen molar-refractivity contribution in [2.45, 2.75) is 44.7 Å². The molecule has 24 heavy (non-hydrogen) atoms. The smallest absolute Gasteiger partial charge is 0.0389 e. The van der Waals surface area contributed by atoms with Crippen molar-refractivity contribution >= 4 is 5.69 Å². The molecular formula is C20H32N4. The van der Waals surface area contributed by atoms with Gasteiger partial charge in [-0.3, -0.25) is 0 Å². The first-order valence-corrected chi connectivity index (χ1v) is 9.49. The van der Waals surface area contributed by atoms with Crippen LogP contribution in [0.15, 0.2) is 24.3 Å². The maximum Gasteiger partial charge on any atom is 0.0389 e. The lowest BCUT2D eigenvalue weighted by Gasteiger charge is -2.44. The molecule has 0 aliphatic carbocycles. The van der Waals surface area contributed by atoms with Crippen molar-refractivity contribution in [3.63, 3.8) is 0 Å². The number of anilines is 1. The molecule has 3 aliphatic heterocycles. The fraction of sp³-hybridized carbons (Fsp3) is 0.700. The molecule has 132 valence electrons. The van der Waals surface area contributed by atoms with E-state index >= 15 is 0 Å². The van der Waals surface area contributed by atoms with E-state index < -0.39 is 0 Å². The SMILES string of the molecule is CN1CC2CC1CN2N1CCN(c2ccc(C(C)(C)C)cc2)CC1. The van der Waals surface area contributed by atoms with Crippen LogP contribution in [-0.2, 0) is 5.41 Å². The second-order valence-electron chi connectivity index (χ2n) is 8.84. The zero-order chi connectivity index (χ0) is 16.9. The second-order valence-corrected chi connectivity index (χ2v) is 8.84. The molecule has 4 heteroatoms. The Kier molecular flexibility index (Phi) is 4.10. The number of hydrazine groups is 1. The number of piperazine rings is 2. The Morgan fingerprint density at radius 3 is 2.04 bits per heavy atom. The van der Waals surface area contributed by atoms with Gasteiger partial charge in [-0.2, -0.15) is 0 Å². The summed E-state index contributed by atoms with van der Waals surface area (Å²) in [6.07, 6.45) is 1.37. The van der Waals surface area contributed by atoms with Crippen LogP contribution in [0.4, 0.5) is 5.69 Å². The summed E-state index contributed by atoms with van der Waals surface area (Å²) < 4.78 is 0. The Hall–Kier alpha value is -1.10. The molecule has 0 N–H and O–H groups in total. The number of hydrogen-bond donors (Lipinski definition) is 0. The van der Waals surface area contributed by atoms with Crippen molar-refractivity contribution in [2.75, 3.05) is 51.2 Å². The number of likely N-dealkylation sites (tertiary alicyclic amines) is 1. The fourth-order valence-corrected chi connectivity index (χ4v) is 4.57. The van der Waals surface area contributed by atoms with Crippen LogP contribution >= 0.6 is 0 Å². The lowest BCUT2D eigenvalue weighted by Crippen LogP contribution is -2.58. The Balaban J connectivity index is 1.35. The maximum absolute atomic E-state index is 2.67. The predicted molar refractivity (Wildman–Crippen MR) is 100 cm³/mol. The largest absolute Gasteiger partial charge is 0.369 e. The Morgan fingerprint density at radius 2 is 1.54 bits per heavy atom. The lowest BCUT2D eigenvalue weighted by molar-refractivity contribution is -0.0634. The molecule has 0 radical (unpaired) electrons. The van der Waals surface area contributed by atoms with Crippen molar-refractivity contribution < 1.29 is 0 Å². The second kappa shape index (κ2) is 6.01. The first-order chi connectivity index (χ1) is 11.4. The molecule has 3 saturated heterocycles. The molecule has 0 amide bonds. The van der Waals surface area contributed by atoms with Crippen molar-refractivity contribution in [1.29, 1.82) is 0 Å². The van der Waals surface area contributed by atoms with Gasteiger partial charge in [0, 0.05) is 57.0 Å². The van der Waals surface area contributed by atoms with Crippen LogP contribution in [-0.4, -0.2) is 73.3 Å². The number of benzene rings is 1. The summed E-state index contributed by atoms with van der Waals surface area (Å²) in [7, 11) is 2.28. The standard InChI is InChI=1S/C20H32N4/c1-20(2,3)16-5-7-17(8-6-16)22-9-11-23(12-10-22)24-15-18-13-19(24)14-21(18)4/h5-8,18-19H,9-15H2,1-4H3. The number of rotatable bonds is 2. The monoisotopic (exact) mass is 328 g/mol. The highest BCUT2D eigenvalue weighted by atomic mass is 15.7. The van der Waals surface area contributed by atoms with Crippen molar-refractivity contribution in [1.82, 2.24) is 14.9 Å². The predicted octanol–water partition coefficient (Wildman–Crippen LogP) is 2.41. The van der Waals surface area contributed by atoms with Crippen LogP contribution in [0.1, 0.15) is 32.8 Å². The topological polar surface area (TPSA) is 13.0 Å². The molecule has 3 fully saturated rings. The van der Waals surface area contributed by atoms with Gasteiger partial charge in [0.05, 0.1) is 0 Å². The van der Waals surface area contributed by atoms with Gasteiger partial charge in [-0.05, 0) is 36.6 Å². The van der Waals surface area contributed by atoms with E-state index in [1.807, 2.05) is 0 Å². The molecule has 1 aromatic rings. The van der Waals surface area contributed by atoms with E-state index in [2.05, 4.69) is 71.9 Å². The molecule has 1 aromatic carbocycles. The number of fused-ring (bicyclic) bond motifs is 2. The summed E-state index contributed by atoms with van der Waals surface area (Å²) in [4.78, 5) is 5.08. The quantitative estimate of drug-likeness (QED) is 0.826. The summed E-state index contributed by atoms with van der Waals surface area (Å²) in [5, 5.41) is 5.29. The first-order valence-electron chi connectivity index (χ1n) is 9.49. The van der Waals surface area contributed by atoms with E-state index in [-0.39, 0.29) is 5.41 Å². The van der Waals surface area contributed by atoms with Crippen molar-refractivity contribution in [2.24, 2.45) is 0 Å². The van der Waals surface area contributed by atoms with Crippen LogP contribution in [0, 0.1) is 0 Å². The average molecular weight is 329 g/mol. The lowest BCUT2D eigenvalue weighted by atomic mass is 9.87. The summed E-state index contributed by atoms with van der Waals surface area (Å²) in [6.45, 7) is 13.9. The van der Waals surface area contributed by atoms with Gasteiger partial charge < -0.3 is 9.80 Å². The summed E-state index contributed by atoms with van der Waals surface area (Å²) in [5.74, 6) is 0. The average Bonchev–Trinajstić information content (AvgIpc) is 3.14. The number of hydrogen-bond acceptors (Lipinski definition) is 4. The molecule has 2 bridgehead atoms. The summed E-state index contributed by atoms with van der Waals surface area (Å²) >= 11 is 0. The Labute approximate surface area is 147 Å². The molecule has 3 heterocycles. The third kappa shape index (κ3) is 2.96. The van der Waals surface area contributed by atoms with Gasteiger partial charge in [0.15, 0.2) is 0 Å². The van der Waals surface area contributed by atoms with E-state index in [1.54, 1.807) is 0 Å².